The van der Waals surface area contributed by atoms with Crippen molar-refractivity contribution in [1.82, 2.24) is 9.55 Å². The van der Waals surface area contributed by atoms with E-state index in [2.05, 4.69) is 16.5 Å². The second kappa shape index (κ2) is 5.07. The molecule has 0 saturated heterocycles. The highest BCUT2D eigenvalue weighted by Gasteiger charge is 2.00. The number of hydrogen-bond acceptors (Lipinski definition) is 1. The fourth-order valence-electron chi connectivity index (χ4n) is 1.24. The summed E-state index contributed by atoms with van der Waals surface area (Å²) < 4.78 is 2.14. The summed E-state index contributed by atoms with van der Waals surface area (Å²) in [6.45, 7) is 5.02. The monoisotopic (exact) mass is 198 g/mol. The molecule has 0 radical (unpaired) electrons. The van der Waals surface area contributed by atoms with E-state index in [9.17, 15) is 0 Å². The lowest BCUT2D eigenvalue weighted by atomic mass is 10.3. The highest BCUT2D eigenvalue weighted by Crippen LogP contribution is 2.06. The van der Waals surface area contributed by atoms with E-state index >= 15 is 0 Å². The molecule has 1 aromatic heterocycles. The number of imidazole rings is 1. The Morgan fingerprint density at radius 3 is 3.08 bits per heavy atom. The molecule has 0 aliphatic rings. The summed E-state index contributed by atoms with van der Waals surface area (Å²) in [4.78, 5) is 4.29. The second-order valence-electron chi connectivity index (χ2n) is 3.18. The van der Waals surface area contributed by atoms with E-state index < -0.39 is 0 Å². The van der Waals surface area contributed by atoms with E-state index in [1.807, 2.05) is 19.3 Å². The van der Waals surface area contributed by atoms with E-state index in [1.54, 1.807) is 5.54 Å². The molecular formula is C10H15ClN2. The molecule has 0 bridgehead atoms. The van der Waals surface area contributed by atoms with Crippen molar-refractivity contribution in [2.24, 2.45) is 0 Å². The Labute approximate surface area is 84.2 Å². The molecule has 2 nitrogen and oxygen atoms in total. The molecule has 3 heteroatoms. The Bertz CT molecular complexity index is 289. The van der Waals surface area contributed by atoms with Gasteiger partial charge in [-0.05, 0) is 18.9 Å². The Morgan fingerprint density at radius 1 is 1.69 bits per heavy atom. The normalized spacial score (nSPS) is 12.1. The molecule has 0 unspecified atom stereocenters. The highest BCUT2D eigenvalue weighted by molar-refractivity contribution is 6.25. The van der Waals surface area contributed by atoms with Gasteiger partial charge in [0.25, 0.3) is 0 Å². The third kappa shape index (κ3) is 2.88. The molecule has 0 aliphatic carbocycles. The van der Waals surface area contributed by atoms with Gasteiger partial charge in [-0.2, -0.15) is 0 Å². The number of halogens is 1. The third-order valence-electron chi connectivity index (χ3n) is 1.88. The van der Waals surface area contributed by atoms with Gasteiger partial charge in [0.15, 0.2) is 0 Å². The molecule has 1 rings (SSSR count). The minimum Gasteiger partial charge on any atom is -0.331 e. The van der Waals surface area contributed by atoms with Gasteiger partial charge in [-0.15, -0.1) is 0 Å². The maximum absolute atomic E-state index is 5.60. The van der Waals surface area contributed by atoms with Crippen molar-refractivity contribution in [3.63, 3.8) is 0 Å². The molecule has 0 amide bonds. The van der Waals surface area contributed by atoms with E-state index in [0.717, 1.165) is 30.8 Å². The minimum atomic E-state index is 0.846. The Hall–Kier alpha value is -0.760. The average Bonchev–Trinajstić information content (AvgIpc) is 2.54. The first-order valence-corrected chi connectivity index (χ1v) is 4.97. The molecule has 0 N–H and O–H groups in total. The molecular weight excluding hydrogens is 184 g/mol. The van der Waals surface area contributed by atoms with Crippen molar-refractivity contribution in [3.05, 3.63) is 29.3 Å². The quantitative estimate of drug-likeness (QED) is 0.728. The van der Waals surface area contributed by atoms with Gasteiger partial charge in [-0.3, -0.25) is 0 Å². The van der Waals surface area contributed by atoms with E-state index in [0.29, 0.717) is 0 Å². The van der Waals surface area contributed by atoms with Gasteiger partial charge in [0.2, 0.25) is 0 Å². The number of allylic oxidation sites excluding steroid dienone is 1. The van der Waals surface area contributed by atoms with Crippen LogP contribution in [-0.2, 0) is 13.0 Å². The molecule has 1 heterocycles. The summed E-state index contributed by atoms with van der Waals surface area (Å²) >= 11 is 5.60. The van der Waals surface area contributed by atoms with E-state index in [-0.39, 0.29) is 0 Å². The molecule has 72 valence electrons. The Morgan fingerprint density at radius 2 is 2.46 bits per heavy atom. The fourth-order valence-corrected chi connectivity index (χ4v) is 1.31. The predicted octanol–water partition coefficient (Wildman–Crippen LogP) is 2.98. The van der Waals surface area contributed by atoms with Crippen LogP contribution in [0.4, 0.5) is 0 Å². The average molecular weight is 199 g/mol. The smallest absolute Gasteiger partial charge is 0.108 e. The van der Waals surface area contributed by atoms with E-state index in [1.165, 1.54) is 0 Å². The maximum Gasteiger partial charge on any atom is 0.108 e. The number of hydrogen-bond donors (Lipinski definition) is 0. The van der Waals surface area contributed by atoms with Crippen LogP contribution in [0.5, 0.6) is 0 Å². The Kier molecular flexibility index (Phi) is 4.03. The first kappa shape index (κ1) is 10.3. The molecule has 0 aromatic carbocycles. The van der Waals surface area contributed by atoms with Gasteiger partial charge in [-0.25, -0.2) is 4.98 Å². The van der Waals surface area contributed by atoms with Crippen LogP contribution in [0, 0.1) is 0 Å². The summed E-state index contributed by atoms with van der Waals surface area (Å²) in [6.07, 6.45) is 5.99. The lowest BCUT2D eigenvalue weighted by molar-refractivity contribution is 0.698. The molecule has 0 fully saturated rings. The molecule has 0 aliphatic heterocycles. The third-order valence-corrected chi connectivity index (χ3v) is 2.25. The number of nitrogens with zero attached hydrogens (tertiary/aromatic N) is 2. The number of rotatable bonds is 4. The lowest BCUT2D eigenvalue weighted by Crippen LogP contribution is -2.03. The van der Waals surface area contributed by atoms with E-state index in [4.69, 9.17) is 11.6 Å². The zero-order valence-electron chi connectivity index (χ0n) is 8.13. The summed E-state index contributed by atoms with van der Waals surface area (Å²) in [6, 6.07) is 0. The SMILES string of the molecule is CCCc1nccn1C/C(C)=C/Cl. The van der Waals surface area contributed by atoms with Gasteiger partial charge < -0.3 is 4.57 Å². The van der Waals surface area contributed by atoms with Gasteiger partial charge >= 0.3 is 0 Å². The van der Waals surface area contributed by atoms with Crippen LogP contribution in [0.1, 0.15) is 26.1 Å². The Balaban J connectivity index is 2.70. The van der Waals surface area contributed by atoms with Crippen LogP contribution in [-0.4, -0.2) is 9.55 Å². The van der Waals surface area contributed by atoms with Crippen molar-refractivity contribution in [1.29, 1.82) is 0 Å². The lowest BCUT2D eigenvalue weighted by Gasteiger charge is -2.06. The van der Waals surface area contributed by atoms with Crippen molar-refractivity contribution in [2.45, 2.75) is 33.2 Å². The van der Waals surface area contributed by atoms with Crippen LogP contribution in [0.25, 0.3) is 0 Å². The second-order valence-corrected chi connectivity index (χ2v) is 3.40. The van der Waals surface area contributed by atoms with Gasteiger partial charge in [0, 0.05) is 30.9 Å². The van der Waals surface area contributed by atoms with Crippen molar-refractivity contribution in [3.8, 4) is 0 Å². The van der Waals surface area contributed by atoms with Crippen LogP contribution >= 0.6 is 11.6 Å². The maximum atomic E-state index is 5.60. The zero-order chi connectivity index (χ0) is 9.68. The first-order chi connectivity index (χ1) is 6.27. The molecule has 13 heavy (non-hydrogen) atoms. The van der Waals surface area contributed by atoms with Crippen LogP contribution in [0.3, 0.4) is 0 Å². The first-order valence-electron chi connectivity index (χ1n) is 4.53. The fraction of sp³-hybridized carbons (Fsp3) is 0.500. The van der Waals surface area contributed by atoms with Crippen molar-refractivity contribution < 1.29 is 0 Å². The summed E-state index contributed by atoms with van der Waals surface area (Å²) in [5, 5.41) is 0. The summed E-state index contributed by atoms with van der Waals surface area (Å²) in [5.41, 5.74) is 2.77. The molecule has 0 atom stereocenters. The van der Waals surface area contributed by atoms with Crippen molar-refractivity contribution in [2.75, 3.05) is 0 Å². The van der Waals surface area contributed by atoms with Crippen LogP contribution in [0.2, 0.25) is 0 Å². The minimum absolute atomic E-state index is 0.846. The number of aromatic nitrogens is 2. The van der Waals surface area contributed by atoms with Gasteiger partial charge in [0.05, 0.1) is 0 Å². The van der Waals surface area contributed by atoms with Crippen molar-refractivity contribution >= 4 is 11.6 Å². The molecule has 0 spiro atoms. The topological polar surface area (TPSA) is 17.8 Å². The van der Waals surface area contributed by atoms with Gasteiger partial charge in [-0.1, -0.05) is 18.5 Å². The van der Waals surface area contributed by atoms with Crippen LogP contribution < -0.4 is 0 Å². The molecule has 1 aromatic rings. The van der Waals surface area contributed by atoms with Crippen LogP contribution in [0.15, 0.2) is 23.5 Å². The molecule has 0 saturated carbocycles. The number of aryl methyl sites for hydroxylation is 1. The predicted molar refractivity (Wildman–Crippen MR) is 55.8 cm³/mol. The highest BCUT2D eigenvalue weighted by atomic mass is 35.5. The largest absolute Gasteiger partial charge is 0.331 e. The zero-order valence-corrected chi connectivity index (χ0v) is 8.88. The van der Waals surface area contributed by atoms with Gasteiger partial charge in [0.1, 0.15) is 5.82 Å². The summed E-state index contributed by atoms with van der Waals surface area (Å²) in [7, 11) is 0. The standard InChI is InChI=1S/C10H15ClN2/c1-3-4-10-12-5-6-13(10)8-9(2)7-11/h5-7H,3-4,8H2,1-2H3/b9-7+. The summed E-state index contributed by atoms with van der Waals surface area (Å²) in [5.74, 6) is 1.14.